The number of carbonyl (C=O) groups is 2. The Morgan fingerprint density at radius 3 is 2.87 bits per heavy atom. The number of amides is 1. The number of para-hydroxylation sites is 1. The van der Waals surface area contributed by atoms with Crippen LogP contribution in [0, 0.1) is 0 Å². The van der Waals surface area contributed by atoms with E-state index in [4.69, 9.17) is 9.15 Å². The van der Waals surface area contributed by atoms with E-state index in [9.17, 15) is 14.7 Å². The van der Waals surface area contributed by atoms with Crippen LogP contribution < -0.4 is 10.1 Å². The monoisotopic (exact) mass is 451 g/mol. The van der Waals surface area contributed by atoms with Crippen molar-refractivity contribution in [1.82, 2.24) is 9.59 Å². The van der Waals surface area contributed by atoms with E-state index in [0.717, 1.165) is 21.4 Å². The minimum absolute atomic E-state index is 0.0345. The molecule has 2 N–H and O–H groups in total. The fraction of sp³-hybridized carbons (Fsp3) is 0.0476. The lowest BCUT2D eigenvalue weighted by Gasteiger charge is -2.05. The number of carbonyl (C=O) groups excluding carboxylic acids is 1. The van der Waals surface area contributed by atoms with Crippen LogP contribution in [-0.4, -0.2) is 33.7 Å². The number of anilines is 1. The molecule has 3 aromatic heterocycles. The van der Waals surface area contributed by atoms with Crippen molar-refractivity contribution < 1.29 is 23.8 Å². The SMILES string of the molecule is COc1cccc2cc(-c3csc(NC(=O)c4ccc5snnc5c4)c3C(=O)O)oc12. The molecule has 31 heavy (non-hydrogen) atoms. The molecule has 0 aliphatic heterocycles. The molecule has 0 spiro atoms. The van der Waals surface area contributed by atoms with E-state index in [1.165, 1.54) is 18.6 Å². The summed E-state index contributed by atoms with van der Waals surface area (Å²) in [6.07, 6.45) is 0. The number of thiophene rings is 1. The number of nitrogens with zero attached hydrogens (tertiary/aromatic N) is 2. The molecule has 8 nitrogen and oxygen atoms in total. The number of fused-ring (bicyclic) bond motifs is 2. The van der Waals surface area contributed by atoms with Crippen LogP contribution in [-0.2, 0) is 0 Å². The smallest absolute Gasteiger partial charge is 0.339 e. The van der Waals surface area contributed by atoms with Crippen molar-refractivity contribution in [3.63, 3.8) is 0 Å². The molecule has 1 amide bonds. The van der Waals surface area contributed by atoms with Gasteiger partial charge < -0.3 is 19.6 Å². The highest BCUT2D eigenvalue weighted by atomic mass is 32.1. The maximum atomic E-state index is 12.7. The first-order chi connectivity index (χ1) is 15.0. The first kappa shape index (κ1) is 19.2. The third-order valence-corrected chi connectivity index (χ3v) is 6.33. The largest absolute Gasteiger partial charge is 0.493 e. The average Bonchev–Trinajstić information content (AvgIpc) is 3.49. The van der Waals surface area contributed by atoms with E-state index in [-0.39, 0.29) is 10.6 Å². The number of nitrogens with one attached hydrogen (secondary N) is 1. The van der Waals surface area contributed by atoms with Crippen LogP contribution in [0.3, 0.4) is 0 Å². The van der Waals surface area contributed by atoms with Crippen LogP contribution in [0.15, 0.2) is 52.3 Å². The van der Waals surface area contributed by atoms with E-state index >= 15 is 0 Å². The molecule has 0 atom stereocenters. The standard InChI is InChI=1S/C21H13N3O5S2/c1-28-14-4-2-3-10-8-15(29-18(10)14)12-9-30-20(17(12)21(26)27)22-19(25)11-5-6-16-13(7-11)23-24-31-16/h2-9H,1H3,(H,22,25)(H,26,27). The second-order valence-corrected chi connectivity index (χ2v) is 8.22. The van der Waals surface area contributed by atoms with Gasteiger partial charge in [-0.15, -0.1) is 16.4 Å². The third-order valence-electron chi connectivity index (χ3n) is 4.73. The quantitative estimate of drug-likeness (QED) is 0.381. The van der Waals surface area contributed by atoms with Crippen LogP contribution in [0.4, 0.5) is 5.00 Å². The van der Waals surface area contributed by atoms with E-state index in [2.05, 4.69) is 14.9 Å². The highest BCUT2D eigenvalue weighted by molar-refractivity contribution is 7.15. The molecule has 3 heterocycles. The van der Waals surface area contributed by atoms with Crippen LogP contribution in [0.1, 0.15) is 20.7 Å². The number of hydrogen-bond acceptors (Lipinski definition) is 8. The highest BCUT2D eigenvalue weighted by Crippen LogP contribution is 2.40. The summed E-state index contributed by atoms with van der Waals surface area (Å²) in [5.74, 6) is -0.671. The summed E-state index contributed by atoms with van der Waals surface area (Å²) < 4.78 is 15.9. The summed E-state index contributed by atoms with van der Waals surface area (Å²) in [6.45, 7) is 0. The molecule has 0 saturated heterocycles. The van der Waals surface area contributed by atoms with Gasteiger partial charge in [0.05, 0.1) is 11.8 Å². The molecule has 0 fully saturated rings. The van der Waals surface area contributed by atoms with E-state index < -0.39 is 11.9 Å². The van der Waals surface area contributed by atoms with Crippen LogP contribution in [0.25, 0.3) is 32.5 Å². The Bertz CT molecular complexity index is 1470. The number of carboxylic acids is 1. The predicted octanol–water partition coefficient (Wildman–Crippen LogP) is 5.13. The number of aromatic carboxylic acids is 1. The fourth-order valence-corrected chi connectivity index (χ4v) is 4.75. The summed E-state index contributed by atoms with van der Waals surface area (Å²) in [7, 11) is 1.54. The van der Waals surface area contributed by atoms with Crippen molar-refractivity contribution in [2.24, 2.45) is 0 Å². The molecule has 0 radical (unpaired) electrons. The second-order valence-electron chi connectivity index (χ2n) is 6.56. The van der Waals surface area contributed by atoms with Gasteiger partial charge in [0.2, 0.25) is 0 Å². The van der Waals surface area contributed by atoms with Crippen molar-refractivity contribution in [3.8, 4) is 17.1 Å². The highest BCUT2D eigenvalue weighted by Gasteiger charge is 2.24. The van der Waals surface area contributed by atoms with E-state index in [1.54, 1.807) is 35.7 Å². The zero-order valence-corrected chi connectivity index (χ0v) is 17.5. The van der Waals surface area contributed by atoms with E-state index in [1.807, 2.05) is 12.1 Å². The Balaban J connectivity index is 1.52. The first-order valence-electron chi connectivity index (χ1n) is 9.00. The minimum atomic E-state index is -1.17. The number of rotatable bonds is 5. The number of carboxylic acid groups (broad SMARTS) is 1. The Morgan fingerprint density at radius 2 is 2.06 bits per heavy atom. The summed E-state index contributed by atoms with van der Waals surface area (Å²) in [6, 6.07) is 12.2. The Labute approximate surface area is 182 Å². The molecule has 0 bridgehead atoms. The lowest BCUT2D eigenvalue weighted by atomic mass is 10.1. The van der Waals surface area contributed by atoms with Gasteiger partial charge in [-0.05, 0) is 41.9 Å². The maximum Gasteiger partial charge on any atom is 0.339 e. The van der Waals surface area contributed by atoms with Crippen molar-refractivity contribution in [3.05, 3.63) is 59.0 Å². The van der Waals surface area contributed by atoms with Gasteiger partial charge in [0.15, 0.2) is 11.3 Å². The summed E-state index contributed by atoms with van der Waals surface area (Å²) >= 11 is 2.35. The summed E-state index contributed by atoms with van der Waals surface area (Å²) in [5.41, 5.74) is 1.84. The molecule has 154 valence electrons. The molecule has 0 saturated carbocycles. The Morgan fingerprint density at radius 1 is 1.19 bits per heavy atom. The number of furan rings is 1. The fourth-order valence-electron chi connectivity index (χ4n) is 3.27. The van der Waals surface area contributed by atoms with Crippen molar-refractivity contribution in [1.29, 1.82) is 0 Å². The maximum absolute atomic E-state index is 12.7. The zero-order chi connectivity index (χ0) is 21.5. The molecular weight excluding hydrogens is 438 g/mol. The second kappa shape index (κ2) is 7.49. The van der Waals surface area contributed by atoms with Crippen LogP contribution in [0.5, 0.6) is 5.75 Å². The Hall–Kier alpha value is -3.76. The predicted molar refractivity (Wildman–Crippen MR) is 118 cm³/mol. The Kier molecular flexibility index (Phi) is 4.64. The molecule has 0 unspecified atom stereocenters. The molecule has 5 rings (SSSR count). The number of methoxy groups -OCH3 is 1. The van der Waals surface area contributed by atoms with E-state index in [0.29, 0.717) is 33.7 Å². The van der Waals surface area contributed by atoms with Crippen molar-refractivity contribution in [2.45, 2.75) is 0 Å². The molecular formula is C21H13N3O5S2. The van der Waals surface area contributed by atoms with Gasteiger partial charge in [-0.2, -0.15) is 0 Å². The lowest BCUT2D eigenvalue weighted by Crippen LogP contribution is -2.13. The molecule has 0 aliphatic carbocycles. The molecule has 0 aliphatic rings. The average molecular weight is 451 g/mol. The van der Waals surface area contributed by atoms with Gasteiger partial charge in [0.1, 0.15) is 21.8 Å². The zero-order valence-electron chi connectivity index (χ0n) is 15.9. The number of benzene rings is 2. The third kappa shape index (κ3) is 3.31. The molecule has 10 heteroatoms. The first-order valence-corrected chi connectivity index (χ1v) is 10.7. The number of aromatic nitrogens is 2. The minimum Gasteiger partial charge on any atom is -0.493 e. The molecule has 5 aromatic rings. The normalized spacial score (nSPS) is 11.1. The van der Waals surface area contributed by atoms with Gasteiger partial charge in [0.25, 0.3) is 5.91 Å². The van der Waals surface area contributed by atoms with Gasteiger partial charge in [-0.25, -0.2) is 4.79 Å². The molecule has 2 aromatic carbocycles. The lowest BCUT2D eigenvalue weighted by molar-refractivity contribution is 0.0699. The van der Waals surface area contributed by atoms with Gasteiger partial charge in [-0.1, -0.05) is 16.6 Å². The summed E-state index contributed by atoms with van der Waals surface area (Å²) in [5, 5.41) is 19.2. The van der Waals surface area contributed by atoms with Crippen molar-refractivity contribution >= 4 is 60.9 Å². The number of ether oxygens (including phenoxy) is 1. The topological polar surface area (TPSA) is 115 Å². The van der Waals surface area contributed by atoms with Crippen LogP contribution >= 0.6 is 22.9 Å². The van der Waals surface area contributed by atoms with Gasteiger partial charge >= 0.3 is 5.97 Å². The number of hydrogen-bond donors (Lipinski definition) is 2. The van der Waals surface area contributed by atoms with Gasteiger partial charge in [0, 0.05) is 21.9 Å². The van der Waals surface area contributed by atoms with Gasteiger partial charge in [-0.3, -0.25) is 4.79 Å². The summed E-state index contributed by atoms with van der Waals surface area (Å²) in [4.78, 5) is 24.8. The van der Waals surface area contributed by atoms with Crippen molar-refractivity contribution in [2.75, 3.05) is 12.4 Å². The van der Waals surface area contributed by atoms with Crippen LogP contribution in [0.2, 0.25) is 0 Å².